The average molecular weight is 385 g/mol. The molecule has 1 aromatic carbocycles. The number of nitrogens with zero attached hydrogens (tertiary/aromatic N) is 3. The minimum atomic E-state index is -0.0552. The average Bonchev–Trinajstić information content (AvgIpc) is 3.21. The molecule has 3 rings (SSSR count). The first-order chi connectivity index (χ1) is 12.9. The quantitative estimate of drug-likeness (QED) is 0.664. The zero-order valence-electron chi connectivity index (χ0n) is 16.0. The number of rotatable bonds is 7. The third kappa shape index (κ3) is 4.95. The molecule has 0 radical (unpaired) electrons. The van der Waals surface area contributed by atoms with Crippen LogP contribution in [0.4, 0.5) is 5.13 Å². The van der Waals surface area contributed by atoms with Crippen molar-refractivity contribution in [2.75, 3.05) is 12.4 Å². The van der Waals surface area contributed by atoms with Gasteiger partial charge in [-0.3, -0.25) is 9.48 Å². The van der Waals surface area contributed by atoms with Crippen molar-refractivity contribution in [3.05, 3.63) is 58.4 Å². The molecule has 0 bridgehead atoms. The Balaban J connectivity index is 1.56. The van der Waals surface area contributed by atoms with E-state index < -0.39 is 0 Å². The Morgan fingerprint density at radius 1 is 1.30 bits per heavy atom. The number of aryl methyl sites for hydroxylation is 2. The van der Waals surface area contributed by atoms with Gasteiger partial charge in [0.1, 0.15) is 5.75 Å². The molecule has 6 nitrogen and oxygen atoms in total. The first kappa shape index (κ1) is 19.1. The van der Waals surface area contributed by atoms with Gasteiger partial charge in [0.25, 0.3) is 0 Å². The number of ether oxygens (including phenoxy) is 1. The molecule has 142 valence electrons. The van der Waals surface area contributed by atoms with Gasteiger partial charge in [-0.15, -0.1) is 11.3 Å². The number of hydrogen-bond donors (Lipinski definition) is 1. The van der Waals surface area contributed by atoms with Crippen LogP contribution >= 0.6 is 11.3 Å². The molecular formula is C20H24N4O2S. The number of aromatic nitrogens is 3. The zero-order chi connectivity index (χ0) is 19.4. The van der Waals surface area contributed by atoms with Crippen LogP contribution in [0, 0.1) is 13.8 Å². The fraction of sp³-hybridized carbons (Fsp3) is 0.350. The fourth-order valence-electron chi connectivity index (χ4n) is 3.01. The third-order valence-electron chi connectivity index (χ3n) is 4.28. The van der Waals surface area contributed by atoms with Crippen molar-refractivity contribution < 1.29 is 9.53 Å². The molecule has 0 aliphatic rings. The summed E-state index contributed by atoms with van der Waals surface area (Å²) in [6, 6.07) is 9.97. The van der Waals surface area contributed by atoms with E-state index >= 15 is 0 Å². The lowest BCUT2D eigenvalue weighted by molar-refractivity contribution is -0.116. The molecule has 0 aliphatic carbocycles. The van der Waals surface area contributed by atoms with Gasteiger partial charge in [-0.1, -0.05) is 12.1 Å². The molecular weight excluding hydrogens is 360 g/mol. The lowest BCUT2D eigenvalue weighted by Gasteiger charge is -2.13. The fourth-order valence-corrected chi connectivity index (χ4v) is 3.87. The highest BCUT2D eigenvalue weighted by molar-refractivity contribution is 7.15. The van der Waals surface area contributed by atoms with E-state index in [-0.39, 0.29) is 11.9 Å². The van der Waals surface area contributed by atoms with E-state index in [4.69, 9.17) is 4.74 Å². The Hall–Kier alpha value is -2.67. The highest BCUT2D eigenvalue weighted by Gasteiger charge is 2.15. The third-order valence-corrected chi connectivity index (χ3v) is 5.19. The van der Waals surface area contributed by atoms with E-state index in [1.165, 1.54) is 16.9 Å². The van der Waals surface area contributed by atoms with Gasteiger partial charge in [0.05, 0.1) is 18.8 Å². The smallest absolute Gasteiger partial charge is 0.228 e. The lowest BCUT2D eigenvalue weighted by Crippen LogP contribution is -2.18. The molecule has 1 N–H and O–H groups in total. The first-order valence-electron chi connectivity index (χ1n) is 8.85. The van der Waals surface area contributed by atoms with Crippen molar-refractivity contribution >= 4 is 22.4 Å². The van der Waals surface area contributed by atoms with Crippen molar-refractivity contribution in [1.29, 1.82) is 0 Å². The monoisotopic (exact) mass is 384 g/mol. The van der Waals surface area contributed by atoms with Gasteiger partial charge >= 0.3 is 0 Å². The zero-order valence-corrected chi connectivity index (χ0v) is 16.8. The van der Waals surface area contributed by atoms with Gasteiger partial charge in [-0.25, -0.2) is 4.98 Å². The summed E-state index contributed by atoms with van der Waals surface area (Å²) in [5, 5.41) is 7.98. The molecule has 0 unspecified atom stereocenters. The van der Waals surface area contributed by atoms with Gasteiger partial charge in [0.15, 0.2) is 5.13 Å². The maximum absolute atomic E-state index is 12.4. The van der Waals surface area contributed by atoms with Crippen LogP contribution < -0.4 is 10.1 Å². The molecule has 1 amide bonds. The summed E-state index contributed by atoms with van der Waals surface area (Å²) >= 11 is 1.50. The van der Waals surface area contributed by atoms with Gasteiger partial charge in [-0.2, -0.15) is 5.10 Å². The predicted molar refractivity (Wildman–Crippen MR) is 108 cm³/mol. The van der Waals surface area contributed by atoms with E-state index in [1.807, 2.05) is 62.0 Å². The molecule has 0 aliphatic heterocycles. The molecule has 0 saturated heterocycles. The van der Waals surface area contributed by atoms with Crippen molar-refractivity contribution in [2.45, 2.75) is 39.7 Å². The van der Waals surface area contributed by atoms with Gasteiger partial charge in [0, 0.05) is 29.6 Å². The Labute approximate surface area is 163 Å². The Morgan fingerprint density at radius 3 is 2.67 bits per heavy atom. The Kier molecular flexibility index (Phi) is 5.91. The summed E-state index contributed by atoms with van der Waals surface area (Å²) in [6.07, 6.45) is 2.95. The second-order valence-electron chi connectivity index (χ2n) is 6.63. The summed E-state index contributed by atoms with van der Waals surface area (Å²) in [4.78, 5) is 17.8. The Morgan fingerprint density at radius 2 is 2.04 bits per heavy atom. The number of methoxy groups -OCH3 is 1. The number of benzene rings is 1. The molecule has 3 aromatic rings. The summed E-state index contributed by atoms with van der Waals surface area (Å²) in [7, 11) is 1.66. The minimum absolute atomic E-state index is 0.00238. The molecule has 2 aromatic heterocycles. The number of carbonyl (C=O) groups excluding carboxylic acids is 1. The van der Waals surface area contributed by atoms with Crippen LogP contribution in [0.15, 0.2) is 36.5 Å². The molecule has 2 heterocycles. The summed E-state index contributed by atoms with van der Waals surface area (Å²) in [5.74, 6) is 0.785. The van der Waals surface area contributed by atoms with Gasteiger partial charge in [-0.05, 0) is 44.5 Å². The highest BCUT2D eigenvalue weighted by Crippen LogP contribution is 2.23. The van der Waals surface area contributed by atoms with Crippen molar-refractivity contribution in [1.82, 2.24) is 14.8 Å². The molecule has 1 atom stereocenters. The second kappa shape index (κ2) is 8.35. The lowest BCUT2D eigenvalue weighted by atomic mass is 10.1. The number of nitrogens with one attached hydrogen (secondary N) is 1. The van der Waals surface area contributed by atoms with Crippen molar-refractivity contribution in [3.63, 3.8) is 0 Å². The van der Waals surface area contributed by atoms with E-state index in [2.05, 4.69) is 15.4 Å². The minimum Gasteiger partial charge on any atom is -0.497 e. The second-order valence-corrected chi connectivity index (χ2v) is 7.74. The van der Waals surface area contributed by atoms with Gasteiger partial charge in [0.2, 0.25) is 5.91 Å². The van der Waals surface area contributed by atoms with Crippen LogP contribution in [0.5, 0.6) is 5.75 Å². The van der Waals surface area contributed by atoms with E-state index in [0.717, 1.165) is 28.4 Å². The molecule has 0 spiro atoms. The maximum atomic E-state index is 12.4. The molecule has 0 saturated carbocycles. The van der Waals surface area contributed by atoms with Crippen LogP contribution in [0.2, 0.25) is 0 Å². The van der Waals surface area contributed by atoms with E-state index in [0.29, 0.717) is 11.6 Å². The van der Waals surface area contributed by atoms with E-state index in [1.54, 1.807) is 7.11 Å². The summed E-state index contributed by atoms with van der Waals surface area (Å²) < 4.78 is 7.07. The van der Waals surface area contributed by atoms with Crippen LogP contribution in [-0.4, -0.2) is 27.8 Å². The number of hydrogen-bond acceptors (Lipinski definition) is 5. The molecule has 7 heteroatoms. The number of carbonyl (C=O) groups is 1. The topological polar surface area (TPSA) is 69.0 Å². The first-order valence-corrected chi connectivity index (χ1v) is 9.66. The summed E-state index contributed by atoms with van der Waals surface area (Å²) in [6.45, 7) is 5.95. The number of thiazole rings is 1. The van der Waals surface area contributed by atoms with Gasteiger partial charge < -0.3 is 10.1 Å². The standard InChI is InChI=1S/C20H24N4O2S/c1-13-9-14(2)24(23-13)15(3)10-19(25)22-20-21-12-18(27-20)11-16-5-7-17(26-4)8-6-16/h5-9,12,15H,10-11H2,1-4H3,(H,21,22,25)/t15-/m0/s1. The van der Waals surface area contributed by atoms with Crippen molar-refractivity contribution in [3.8, 4) is 5.75 Å². The SMILES string of the molecule is COc1ccc(Cc2cnc(NC(=O)C[C@H](C)n3nc(C)cc3C)s2)cc1. The number of amides is 1. The van der Waals surface area contributed by atoms with E-state index in [9.17, 15) is 4.79 Å². The van der Waals surface area contributed by atoms with Crippen molar-refractivity contribution in [2.24, 2.45) is 0 Å². The maximum Gasteiger partial charge on any atom is 0.228 e. The summed E-state index contributed by atoms with van der Waals surface area (Å²) in [5.41, 5.74) is 3.20. The predicted octanol–water partition coefficient (Wildman–Crippen LogP) is 4.15. The Bertz CT molecular complexity index is 914. The van der Waals surface area contributed by atoms with Crippen LogP contribution in [-0.2, 0) is 11.2 Å². The normalized spacial score (nSPS) is 12.0. The van der Waals surface area contributed by atoms with Crippen LogP contribution in [0.25, 0.3) is 0 Å². The largest absolute Gasteiger partial charge is 0.497 e. The molecule has 27 heavy (non-hydrogen) atoms. The number of anilines is 1. The highest BCUT2D eigenvalue weighted by atomic mass is 32.1. The van der Waals surface area contributed by atoms with Crippen LogP contribution in [0.3, 0.4) is 0 Å². The molecule has 0 fully saturated rings. The van der Waals surface area contributed by atoms with Crippen LogP contribution in [0.1, 0.15) is 41.2 Å².